The largest absolute Gasteiger partial charge is 0.493 e. The number of aliphatic imine (C=N–C) groups is 1. The van der Waals surface area contributed by atoms with Crippen LogP contribution in [0, 0.1) is 11.3 Å². The molecule has 2 atom stereocenters. The van der Waals surface area contributed by atoms with Crippen LogP contribution in [-0.4, -0.2) is 37.7 Å². The molecule has 1 aromatic carbocycles. The van der Waals surface area contributed by atoms with E-state index in [1.807, 2.05) is 13.8 Å². The molecule has 1 unspecified atom stereocenters. The minimum atomic E-state index is -0.719. The molecule has 160 valence electrons. The Morgan fingerprint density at radius 1 is 1.13 bits per heavy atom. The summed E-state index contributed by atoms with van der Waals surface area (Å²) in [7, 11) is 2.79. The third kappa shape index (κ3) is 4.01. The fourth-order valence-corrected chi connectivity index (χ4v) is 4.35. The van der Waals surface area contributed by atoms with Crippen LogP contribution >= 0.6 is 0 Å². The smallest absolute Gasteiger partial charge is 0.315 e. The molecule has 1 heterocycles. The van der Waals surface area contributed by atoms with Crippen LogP contribution in [0.3, 0.4) is 0 Å². The number of hydrogen-bond donors (Lipinski definition) is 0. The number of esters is 2. The van der Waals surface area contributed by atoms with Crippen LogP contribution < -0.4 is 9.47 Å². The van der Waals surface area contributed by atoms with Crippen molar-refractivity contribution in [2.24, 2.45) is 16.3 Å². The van der Waals surface area contributed by atoms with E-state index >= 15 is 0 Å². The van der Waals surface area contributed by atoms with Gasteiger partial charge >= 0.3 is 11.9 Å². The summed E-state index contributed by atoms with van der Waals surface area (Å²) in [6.07, 6.45) is 1.03. The van der Waals surface area contributed by atoms with E-state index in [0.29, 0.717) is 35.4 Å². The molecule has 1 aliphatic carbocycles. The van der Waals surface area contributed by atoms with Crippen molar-refractivity contribution in [2.75, 3.05) is 14.2 Å². The van der Waals surface area contributed by atoms with Gasteiger partial charge in [-0.15, -0.1) is 0 Å². The maximum Gasteiger partial charge on any atom is 0.315 e. The number of rotatable bonds is 4. The minimum Gasteiger partial charge on any atom is -0.493 e. The number of Topliss-reactive ketones (excluding diaryl/α,β-unsaturated/α-hetero) is 1. The predicted molar refractivity (Wildman–Crippen MR) is 111 cm³/mol. The summed E-state index contributed by atoms with van der Waals surface area (Å²) in [6.45, 7) is 7.17. The summed E-state index contributed by atoms with van der Waals surface area (Å²) < 4.78 is 15.6. The zero-order valence-corrected chi connectivity index (χ0v) is 18.2. The maximum atomic E-state index is 13.2. The van der Waals surface area contributed by atoms with Gasteiger partial charge in [-0.3, -0.25) is 19.4 Å². The molecule has 3 rings (SSSR count). The number of ketones is 1. The first-order valence-corrected chi connectivity index (χ1v) is 9.83. The molecule has 1 aliphatic heterocycles. The Labute approximate surface area is 176 Å². The van der Waals surface area contributed by atoms with Crippen LogP contribution in [0.15, 0.2) is 34.5 Å². The average Bonchev–Trinajstić information content (AvgIpc) is 2.65. The first-order valence-electron chi connectivity index (χ1n) is 9.83. The number of ether oxygens (including phenoxy) is 3. The summed E-state index contributed by atoms with van der Waals surface area (Å²) in [4.78, 5) is 41.9. The van der Waals surface area contributed by atoms with E-state index in [-0.39, 0.29) is 16.9 Å². The van der Waals surface area contributed by atoms with Crippen LogP contribution in [0.1, 0.15) is 52.0 Å². The highest BCUT2D eigenvalue weighted by Gasteiger charge is 2.46. The first kappa shape index (κ1) is 21.7. The molecule has 7 heteroatoms. The quantitative estimate of drug-likeness (QED) is 0.553. The summed E-state index contributed by atoms with van der Waals surface area (Å²) >= 11 is 0. The Balaban J connectivity index is 2.18. The van der Waals surface area contributed by atoms with Gasteiger partial charge in [-0.1, -0.05) is 19.9 Å². The lowest BCUT2D eigenvalue weighted by molar-refractivity contribution is -0.143. The Kier molecular flexibility index (Phi) is 5.83. The lowest BCUT2D eigenvalue weighted by atomic mass is 9.67. The predicted octanol–water partition coefficient (Wildman–Crippen LogP) is 3.61. The van der Waals surface area contributed by atoms with Gasteiger partial charge in [-0.25, -0.2) is 0 Å². The molecule has 0 bridgehead atoms. The van der Waals surface area contributed by atoms with Crippen LogP contribution in [0.4, 0.5) is 0 Å². The molecule has 0 aromatic heterocycles. The number of carbonyl (C=O) groups excluding carboxylic acids is 3. The van der Waals surface area contributed by atoms with Gasteiger partial charge in [0.1, 0.15) is 5.92 Å². The molecule has 30 heavy (non-hydrogen) atoms. The van der Waals surface area contributed by atoms with Crippen LogP contribution in [-0.2, 0) is 19.1 Å². The van der Waals surface area contributed by atoms with Crippen molar-refractivity contribution in [3.63, 3.8) is 0 Å². The van der Waals surface area contributed by atoms with Gasteiger partial charge in [0.2, 0.25) is 0 Å². The topological polar surface area (TPSA) is 91.3 Å². The van der Waals surface area contributed by atoms with Gasteiger partial charge in [0, 0.05) is 36.2 Å². The molecule has 7 nitrogen and oxygen atoms in total. The summed E-state index contributed by atoms with van der Waals surface area (Å²) in [6, 6.07) is 5.06. The molecule has 0 spiro atoms. The van der Waals surface area contributed by atoms with Crippen molar-refractivity contribution in [3.05, 3.63) is 35.0 Å². The molecular formula is C23H27NO6. The van der Waals surface area contributed by atoms with E-state index < -0.39 is 23.8 Å². The highest BCUT2D eigenvalue weighted by Crippen LogP contribution is 2.48. The van der Waals surface area contributed by atoms with Gasteiger partial charge in [0.15, 0.2) is 17.3 Å². The highest BCUT2D eigenvalue weighted by atomic mass is 16.6. The Morgan fingerprint density at radius 3 is 2.43 bits per heavy atom. The van der Waals surface area contributed by atoms with Gasteiger partial charge in [-0.05, 0) is 36.5 Å². The molecule has 0 saturated heterocycles. The second-order valence-electron chi connectivity index (χ2n) is 8.54. The lowest BCUT2D eigenvalue weighted by Crippen LogP contribution is -2.39. The number of hydrogen-bond acceptors (Lipinski definition) is 7. The van der Waals surface area contributed by atoms with E-state index in [4.69, 9.17) is 14.2 Å². The van der Waals surface area contributed by atoms with Crippen molar-refractivity contribution in [3.8, 4) is 11.5 Å². The molecule has 0 saturated carbocycles. The zero-order valence-electron chi connectivity index (χ0n) is 18.2. The van der Waals surface area contributed by atoms with Crippen molar-refractivity contribution in [2.45, 2.75) is 46.5 Å². The number of nitrogens with zero attached hydrogens (tertiary/aromatic N) is 1. The van der Waals surface area contributed by atoms with Gasteiger partial charge in [0.05, 0.1) is 14.2 Å². The lowest BCUT2D eigenvalue weighted by Gasteiger charge is -2.38. The second-order valence-corrected chi connectivity index (χ2v) is 8.54. The van der Waals surface area contributed by atoms with Crippen molar-refractivity contribution < 1.29 is 28.6 Å². The second kappa shape index (κ2) is 8.05. The summed E-state index contributed by atoms with van der Waals surface area (Å²) in [5.74, 6) is -1.58. The van der Waals surface area contributed by atoms with Crippen molar-refractivity contribution in [1.29, 1.82) is 0 Å². The number of carbonyl (C=O) groups is 3. The van der Waals surface area contributed by atoms with Crippen LogP contribution in [0.2, 0.25) is 0 Å². The van der Waals surface area contributed by atoms with E-state index in [9.17, 15) is 14.4 Å². The highest BCUT2D eigenvalue weighted by molar-refractivity contribution is 6.09. The van der Waals surface area contributed by atoms with Crippen molar-refractivity contribution in [1.82, 2.24) is 0 Å². The van der Waals surface area contributed by atoms with E-state index in [2.05, 4.69) is 4.99 Å². The Bertz CT molecular complexity index is 972. The van der Waals surface area contributed by atoms with Crippen LogP contribution in [0.5, 0.6) is 11.5 Å². The number of allylic oxidation sites excluding steroid dienone is 2. The normalized spacial score (nSPS) is 22.7. The van der Waals surface area contributed by atoms with Crippen LogP contribution in [0.25, 0.3) is 0 Å². The fourth-order valence-electron chi connectivity index (χ4n) is 4.35. The van der Waals surface area contributed by atoms with Gasteiger partial charge in [-0.2, -0.15) is 0 Å². The number of methoxy groups -OCH3 is 2. The Hall–Kier alpha value is -2.96. The molecule has 0 amide bonds. The third-order valence-electron chi connectivity index (χ3n) is 5.56. The maximum absolute atomic E-state index is 13.2. The van der Waals surface area contributed by atoms with E-state index in [1.165, 1.54) is 21.1 Å². The standard InChI is InChI=1S/C23H27NO6/c1-12-19(22(27)29-6)20(21-15(24-12)10-23(3,4)11-16(21)26)14-7-8-17(30-13(2)25)18(9-14)28-5/h7-9,19-20H,10-11H2,1-6H3/t19?,20-/m0/s1. The van der Waals surface area contributed by atoms with Gasteiger partial charge < -0.3 is 14.2 Å². The number of benzene rings is 1. The molecule has 1 aromatic rings. The summed E-state index contributed by atoms with van der Waals surface area (Å²) in [5, 5.41) is 0. The van der Waals surface area contributed by atoms with Gasteiger partial charge in [0.25, 0.3) is 0 Å². The summed E-state index contributed by atoms with van der Waals surface area (Å²) in [5.41, 5.74) is 2.39. The molecule has 0 fully saturated rings. The average molecular weight is 413 g/mol. The van der Waals surface area contributed by atoms with E-state index in [1.54, 1.807) is 25.1 Å². The molecule has 0 N–H and O–H groups in total. The van der Waals surface area contributed by atoms with Crippen molar-refractivity contribution >= 4 is 23.4 Å². The zero-order chi connectivity index (χ0) is 22.2. The molecular weight excluding hydrogens is 386 g/mol. The monoisotopic (exact) mass is 413 g/mol. The molecule has 0 radical (unpaired) electrons. The third-order valence-corrected chi connectivity index (χ3v) is 5.56. The molecule has 2 aliphatic rings. The fraction of sp³-hybridized carbons (Fsp3) is 0.478. The van der Waals surface area contributed by atoms with E-state index in [0.717, 1.165) is 5.70 Å². The SMILES string of the molecule is COC(=O)C1C(C)=NC2=C(C(=O)CC(C)(C)C2)[C@H]1c1ccc(OC(C)=O)c(OC)c1. The first-order chi connectivity index (χ1) is 14.1. The minimum absolute atomic E-state index is 0.0144. The Morgan fingerprint density at radius 2 is 1.83 bits per heavy atom.